The van der Waals surface area contributed by atoms with Crippen LogP contribution < -0.4 is 10.2 Å². The van der Waals surface area contributed by atoms with Crippen molar-refractivity contribution in [2.75, 3.05) is 31.2 Å². The van der Waals surface area contributed by atoms with Crippen LogP contribution in [0.25, 0.3) is 0 Å². The van der Waals surface area contributed by atoms with E-state index in [2.05, 4.69) is 15.5 Å². The third-order valence-electron chi connectivity index (χ3n) is 4.50. The maximum Gasteiger partial charge on any atom is 0.229 e. The summed E-state index contributed by atoms with van der Waals surface area (Å²) in [4.78, 5) is 26.1. The second-order valence-electron chi connectivity index (χ2n) is 6.29. The van der Waals surface area contributed by atoms with Crippen molar-refractivity contribution in [2.24, 2.45) is 5.92 Å². The van der Waals surface area contributed by atoms with Crippen LogP contribution in [0.15, 0.2) is 0 Å². The lowest BCUT2D eigenvalue weighted by molar-refractivity contribution is -0.128. The lowest BCUT2D eigenvalue weighted by atomic mass is 9.94. The number of carbonyl (C=O) groups is 2. The van der Waals surface area contributed by atoms with E-state index >= 15 is 0 Å². The summed E-state index contributed by atoms with van der Waals surface area (Å²) in [6.07, 6.45) is 1.95. The average molecular weight is 354 g/mol. The summed E-state index contributed by atoms with van der Waals surface area (Å²) in [6, 6.07) is 0. The summed E-state index contributed by atoms with van der Waals surface area (Å²) < 4.78 is 5.22. The van der Waals surface area contributed by atoms with E-state index in [4.69, 9.17) is 4.74 Å². The van der Waals surface area contributed by atoms with Crippen molar-refractivity contribution in [1.82, 2.24) is 15.5 Å². The second kappa shape index (κ2) is 7.12. The smallest absolute Gasteiger partial charge is 0.229 e. The lowest BCUT2D eigenvalue weighted by Crippen LogP contribution is -2.48. The Morgan fingerprint density at radius 2 is 2.21 bits per heavy atom. The minimum absolute atomic E-state index is 0.112. The zero-order valence-corrected chi connectivity index (χ0v) is 14.5. The molecular weight excluding hydrogens is 332 g/mol. The van der Waals surface area contributed by atoms with Gasteiger partial charge in [-0.05, 0) is 6.42 Å². The zero-order valence-electron chi connectivity index (χ0n) is 13.7. The fraction of sp³-hybridized carbons (Fsp3) is 0.733. The first-order valence-electron chi connectivity index (χ1n) is 8.21. The third-order valence-corrected chi connectivity index (χ3v) is 5.59. The van der Waals surface area contributed by atoms with Gasteiger partial charge < -0.3 is 15.2 Å². The minimum Gasteiger partial charge on any atom is -0.388 e. The average Bonchev–Trinajstić information content (AvgIpc) is 3.19. The SMILES string of the molecule is CCc1nnc(N2CC(C(=O)NCC3(O)CCOCC3)CC2=O)s1. The molecule has 1 unspecified atom stereocenters. The van der Waals surface area contributed by atoms with Crippen LogP contribution in [-0.4, -0.2) is 59.0 Å². The molecule has 0 spiro atoms. The Morgan fingerprint density at radius 3 is 2.88 bits per heavy atom. The van der Waals surface area contributed by atoms with Crippen molar-refractivity contribution in [3.05, 3.63) is 5.01 Å². The molecule has 2 saturated heterocycles. The van der Waals surface area contributed by atoms with Gasteiger partial charge in [-0.1, -0.05) is 18.3 Å². The van der Waals surface area contributed by atoms with Gasteiger partial charge in [0.15, 0.2) is 0 Å². The van der Waals surface area contributed by atoms with Gasteiger partial charge >= 0.3 is 0 Å². The molecule has 2 aliphatic heterocycles. The van der Waals surface area contributed by atoms with Gasteiger partial charge in [0.05, 0.1) is 11.5 Å². The quantitative estimate of drug-likeness (QED) is 0.778. The number of anilines is 1. The largest absolute Gasteiger partial charge is 0.388 e. The number of amides is 2. The van der Waals surface area contributed by atoms with Gasteiger partial charge in [0.2, 0.25) is 16.9 Å². The van der Waals surface area contributed by atoms with E-state index in [-0.39, 0.29) is 24.8 Å². The molecule has 0 saturated carbocycles. The molecule has 1 aromatic rings. The fourth-order valence-corrected chi connectivity index (χ4v) is 3.69. The van der Waals surface area contributed by atoms with Crippen molar-refractivity contribution in [1.29, 1.82) is 0 Å². The van der Waals surface area contributed by atoms with Crippen molar-refractivity contribution in [2.45, 2.75) is 38.2 Å². The summed E-state index contributed by atoms with van der Waals surface area (Å²) in [5.74, 6) is -0.736. The predicted molar refractivity (Wildman–Crippen MR) is 87.8 cm³/mol. The predicted octanol–water partition coefficient (Wildman–Crippen LogP) is 0.111. The number of aryl methyl sites for hydroxylation is 1. The van der Waals surface area contributed by atoms with Gasteiger partial charge in [0.1, 0.15) is 5.01 Å². The molecule has 2 fully saturated rings. The Hall–Kier alpha value is -1.58. The molecule has 1 atom stereocenters. The van der Waals surface area contributed by atoms with Crippen molar-refractivity contribution < 1.29 is 19.4 Å². The molecule has 8 nitrogen and oxygen atoms in total. The number of aromatic nitrogens is 2. The van der Waals surface area contributed by atoms with Crippen LogP contribution >= 0.6 is 11.3 Å². The number of ether oxygens (including phenoxy) is 1. The molecule has 132 valence electrons. The molecule has 1 aromatic heterocycles. The molecule has 0 aliphatic carbocycles. The Morgan fingerprint density at radius 1 is 1.46 bits per heavy atom. The summed E-state index contributed by atoms with van der Waals surface area (Å²) >= 11 is 1.38. The Labute approximate surface area is 144 Å². The van der Waals surface area contributed by atoms with Gasteiger partial charge in [-0.15, -0.1) is 10.2 Å². The van der Waals surface area contributed by atoms with E-state index in [0.29, 0.717) is 37.7 Å². The van der Waals surface area contributed by atoms with Crippen LogP contribution in [0.3, 0.4) is 0 Å². The van der Waals surface area contributed by atoms with E-state index in [0.717, 1.165) is 11.4 Å². The molecular formula is C15H22N4O4S. The number of carbonyl (C=O) groups excluding carboxylic acids is 2. The molecule has 0 aromatic carbocycles. The molecule has 0 bridgehead atoms. The Kier molecular flexibility index (Phi) is 5.12. The van der Waals surface area contributed by atoms with Gasteiger partial charge in [0, 0.05) is 45.6 Å². The van der Waals surface area contributed by atoms with Crippen molar-refractivity contribution in [3.8, 4) is 0 Å². The van der Waals surface area contributed by atoms with Crippen LogP contribution in [0.4, 0.5) is 5.13 Å². The monoisotopic (exact) mass is 354 g/mol. The van der Waals surface area contributed by atoms with E-state index in [1.165, 1.54) is 16.2 Å². The first kappa shape index (κ1) is 17.2. The fourth-order valence-electron chi connectivity index (χ4n) is 2.89. The van der Waals surface area contributed by atoms with Gasteiger partial charge in [-0.2, -0.15) is 0 Å². The Balaban J connectivity index is 1.55. The number of nitrogens with zero attached hydrogens (tertiary/aromatic N) is 3. The highest BCUT2D eigenvalue weighted by Gasteiger charge is 2.38. The molecule has 0 radical (unpaired) electrons. The van der Waals surface area contributed by atoms with Gasteiger partial charge in [0.25, 0.3) is 0 Å². The van der Waals surface area contributed by atoms with Crippen LogP contribution in [-0.2, 0) is 20.7 Å². The molecule has 24 heavy (non-hydrogen) atoms. The summed E-state index contributed by atoms with van der Waals surface area (Å²) in [7, 11) is 0. The van der Waals surface area contributed by atoms with Crippen LogP contribution in [0.5, 0.6) is 0 Å². The van der Waals surface area contributed by atoms with Crippen LogP contribution in [0, 0.1) is 5.92 Å². The number of rotatable bonds is 5. The summed E-state index contributed by atoms with van der Waals surface area (Å²) in [5, 5.41) is 22.6. The maximum atomic E-state index is 12.3. The van der Waals surface area contributed by atoms with E-state index in [9.17, 15) is 14.7 Å². The molecule has 2 N–H and O–H groups in total. The first-order chi connectivity index (χ1) is 11.5. The third kappa shape index (κ3) is 3.73. The molecule has 9 heteroatoms. The van der Waals surface area contributed by atoms with E-state index < -0.39 is 11.5 Å². The number of aliphatic hydroxyl groups is 1. The van der Waals surface area contributed by atoms with Gasteiger partial charge in [-0.3, -0.25) is 14.5 Å². The van der Waals surface area contributed by atoms with Crippen LogP contribution in [0.1, 0.15) is 31.2 Å². The topological polar surface area (TPSA) is 105 Å². The van der Waals surface area contributed by atoms with E-state index in [1.54, 1.807) is 0 Å². The van der Waals surface area contributed by atoms with Crippen molar-refractivity contribution >= 4 is 28.3 Å². The van der Waals surface area contributed by atoms with Gasteiger partial charge in [-0.25, -0.2) is 0 Å². The molecule has 2 amide bonds. The zero-order chi connectivity index (χ0) is 17.2. The highest BCUT2D eigenvalue weighted by Crippen LogP contribution is 2.28. The van der Waals surface area contributed by atoms with E-state index in [1.807, 2.05) is 6.92 Å². The summed E-state index contributed by atoms with van der Waals surface area (Å²) in [5.41, 5.74) is -0.911. The highest BCUT2D eigenvalue weighted by atomic mass is 32.1. The first-order valence-corrected chi connectivity index (χ1v) is 9.03. The minimum atomic E-state index is -0.911. The molecule has 2 aliphatic rings. The standard InChI is InChI=1S/C15H22N4O4S/c1-2-11-17-18-14(24-11)19-8-10(7-12(19)20)13(21)16-9-15(22)3-5-23-6-4-15/h10,22H,2-9H2,1H3,(H,16,21). The number of hydrogen-bond acceptors (Lipinski definition) is 7. The second-order valence-corrected chi connectivity index (χ2v) is 7.33. The summed E-state index contributed by atoms with van der Waals surface area (Å²) in [6.45, 7) is 3.48. The molecule has 3 rings (SSSR count). The highest BCUT2D eigenvalue weighted by molar-refractivity contribution is 7.15. The number of nitrogens with one attached hydrogen (secondary N) is 1. The maximum absolute atomic E-state index is 12.3. The normalized spacial score (nSPS) is 23.5. The van der Waals surface area contributed by atoms with Crippen molar-refractivity contribution in [3.63, 3.8) is 0 Å². The molecule has 3 heterocycles. The van der Waals surface area contributed by atoms with Crippen LogP contribution in [0.2, 0.25) is 0 Å². The Bertz CT molecular complexity index is 614. The number of hydrogen-bond donors (Lipinski definition) is 2. The lowest BCUT2D eigenvalue weighted by Gasteiger charge is -2.32.